The third-order valence-electron chi connectivity index (χ3n) is 0.449. The molecule has 0 aromatic carbocycles. The number of aliphatic hydroxyl groups is 1. The van der Waals surface area contributed by atoms with E-state index in [1.165, 1.54) is 0 Å². The maximum Gasteiger partial charge on any atom is 0.527 e. The molecule has 0 aliphatic carbocycles. The predicted octanol–water partition coefficient (Wildman–Crippen LogP) is 1.11. The number of halogens is 5. The summed E-state index contributed by atoms with van der Waals surface area (Å²) in [5.41, 5.74) is 0. The van der Waals surface area contributed by atoms with Gasteiger partial charge in [-0.1, -0.05) is 0 Å². The molecule has 10 heavy (non-hydrogen) atoms. The summed E-state index contributed by atoms with van der Waals surface area (Å²) >= 11 is 0. The van der Waals surface area contributed by atoms with Gasteiger partial charge in [-0.05, 0) is 0 Å². The smallest absolute Gasteiger partial charge is 0.387 e. The van der Waals surface area contributed by atoms with E-state index in [1.54, 1.807) is 0 Å². The van der Waals surface area contributed by atoms with E-state index in [0.29, 0.717) is 0 Å². The minimum absolute atomic E-state index is 1.99. The van der Waals surface area contributed by atoms with Crippen LogP contribution in [0.25, 0.3) is 0 Å². The largest absolute Gasteiger partial charge is 0.527 e. The minimum Gasteiger partial charge on any atom is -0.387 e. The van der Waals surface area contributed by atoms with Crippen molar-refractivity contribution in [2.24, 2.45) is 0 Å². The van der Waals surface area contributed by atoms with Crippen molar-refractivity contribution in [2.45, 2.75) is 12.5 Å². The molecule has 0 unspecified atom stereocenters. The first kappa shape index (κ1) is 9.57. The Hall–Kier alpha value is -0.430. The van der Waals surface area contributed by atoms with E-state index in [9.17, 15) is 22.0 Å². The van der Waals surface area contributed by atoms with Gasteiger partial charge in [0.25, 0.3) is 0 Å². The molecule has 0 saturated heterocycles. The van der Waals surface area contributed by atoms with Gasteiger partial charge in [-0.2, -0.15) is 8.78 Å². The standard InChI is InChI=1S/C3H3F5O2/c4-2(5,1-9)10-3(6,7)8/h9H,1H2. The highest BCUT2D eigenvalue weighted by Gasteiger charge is 2.44. The fourth-order valence-electron chi connectivity index (χ4n) is 0.202. The first-order valence-electron chi connectivity index (χ1n) is 2.02. The molecule has 0 saturated carbocycles. The fraction of sp³-hybridized carbons (Fsp3) is 1.00. The number of rotatable bonds is 2. The molecule has 0 radical (unpaired) electrons. The minimum atomic E-state index is -5.42. The van der Waals surface area contributed by atoms with Crippen LogP contribution in [0.2, 0.25) is 0 Å². The van der Waals surface area contributed by atoms with Crippen molar-refractivity contribution in [3.8, 4) is 0 Å². The third kappa shape index (κ3) is 4.45. The number of ether oxygens (including phenoxy) is 1. The van der Waals surface area contributed by atoms with Crippen molar-refractivity contribution in [3.05, 3.63) is 0 Å². The molecular formula is C3H3F5O2. The van der Waals surface area contributed by atoms with Crippen LogP contribution in [0, 0.1) is 0 Å². The number of hydrogen-bond acceptors (Lipinski definition) is 2. The first-order valence-corrected chi connectivity index (χ1v) is 2.02. The van der Waals surface area contributed by atoms with Crippen molar-refractivity contribution in [1.82, 2.24) is 0 Å². The molecule has 0 rings (SSSR count). The second-order valence-corrected chi connectivity index (χ2v) is 1.34. The van der Waals surface area contributed by atoms with E-state index >= 15 is 0 Å². The normalized spacial score (nSPS) is 13.8. The van der Waals surface area contributed by atoms with Gasteiger partial charge in [-0.3, -0.25) is 0 Å². The molecular weight excluding hydrogens is 163 g/mol. The quantitative estimate of drug-likeness (QED) is 0.622. The lowest BCUT2D eigenvalue weighted by Gasteiger charge is -2.14. The Morgan fingerprint density at radius 3 is 1.60 bits per heavy atom. The Morgan fingerprint density at radius 1 is 1.10 bits per heavy atom. The summed E-state index contributed by atoms with van der Waals surface area (Å²) in [5.74, 6) is 0. The van der Waals surface area contributed by atoms with Gasteiger partial charge in [-0.25, -0.2) is 4.74 Å². The highest BCUT2D eigenvalue weighted by atomic mass is 19.4. The topological polar surface area (TPSA) is 29.5 Å². The molecule has 0 aromatic rings. The van der Waals surface area contributed by atoms with Crippen LogP contribution in [0.4, 0.5) is 22.0 Å². The number of hydrogen-bond donors (Lipinski definition) is 1. The van der Waals surface area contributed by atoms with E-state index in [1.807, 2.05) is 0 Å². The van der Waals surface area contributed by atoms with Crippen LogP contribution in [0.5, 0.6) is 0 Å². The van der Waals surface area contributed by atoms with Gasteiger partial charge in [-0.15, -0.1) is 13.2 Å². The summed E-state index contributed by atoms with van der Waals surface area (Å²) in [7, 11) is 0. The van der Waals surface area contributed by atoms with E-state index in [-0.39, 0.29) is 0 Å². The maximum absolute atomic E-state index is 11.5. The molecule has 0 aliphatic rings. The molecule has 0 atom stereocenters. The van der Waals surface area contributed by atoms with Gasteiger partial charge in [0, 0.05) is 0 Å². The van der Waals surface area contributed by atoms with Crippen LogP contribution in [0.1, 0.15) is 0 Å². The summed E-state index contributed by atoms with van der Waals surface area (Å²) in [6.07, 6.45) is -9.97. The van der Waals surface area contributed by atoms with Crippen molar-refractivity contribution >= 4 is 0 Å². The van der Waals surface area contributed by atoms with Gasteiger partial charge < -0.3 is 5.11 Å². The van der Waals surface area contributed by atoms with Crippen LogP contribution in [-0.4, -0.2) is 24.2 Å². The predicted molar refractivity (Wildman–Crippen MR) is 19.2 cm³/mol. The van der Waals surface area contributed by atoms with E-state index in [2.05, 4.69) is 4.74 Å². The highest BCUT2D eigenvalue weighted by molar-refractivity contribution is 4.48. The summed E-state index contributed by atoms with van der Waals surface area (Å²) in [5, 5.41) is 7.58. The molecule has 0 aliphatic heterocycles. The van der Waals surface area contributed by atoms with E-state index in [0.717, 1.165) is 0 Å². The third-order valence-corrected chi connectivity index (χ3v) is 0.449. The Morgan fingerprint density at radius 2 is 1.50 bits per heavy atom. The summed E-state index contributed by atoms with van der Waals surface area (Å²) < 4.78 is 57.9. The second-order valence-electron chi connectivity index (χ2n) is 1.34. The first-order chi connectivity index (χ1) is 4.27. The van der Waals surface area contributed by atoms with Crippen LogP contribution >= 0.6 is 0 Å². The van der Waals surface area contributed by atoms with Gasteiger partial charge >= 0.3 is 12.5 Å². The van der Waals surface area contributed by atoms with Crippen molar-refractivity contribution < 1.29 is 31.8 Å². The molecule has 1 N–H and O–H groups in total. The molecule has 62 valence electrons. The lowest BCUT2D eigenvalue weighted by atomic mass is 10.7. The molecule has 0 bridgehead atoms. The SMILES string of the molecule is OCC(F)(F)OC(F)(F)F. The molecule has 2 nitrogen and oxygen atoms in total. The Balaban J connectivity index is 3.89. The van der Waals surface area contributed by atoms with Crippen LogP contribution < -0.4 is 0 Å². The van der Waals surface area contributed by atoms with Gasteiger partial charge in [0.15, 0.2) is 0 Å². The molecule has 0 fully saturated rings. The Labute approximate surface area is 52.2 Å². The van der Waals surface area contributed by atoms with Crippen LogP contribution in [0.3, 0.4) is 0 Å². The average molecular weight is 166 g/mol. The van der Waals surface area contributed by atoms with Gasteiger partial charge in [0.05, 0.1) is 0 Å². The van der Waals surface area contributed by atoms with Crippen LogP contribution in [0.15, 0.2) is 0 Å². The Bertz CT molecular complexity index is 108. The lowest BCUT2D eigenvalue weighted by Crippen LogP contribution is -2.32. The van der Waals surface area contributed by atoms with E-state index in [4.69, 9.17) is 5.11 Å². The molecule has 7 heteroatoms. The van der Waals surface area contributed by atoms with Crippen LogP contribution in [-0.2, 0) is 4.74 Å². The Kier molecular flexibility index (Phi) is 2.55. The summed E-state index contributed by atoms with van der Waals surface area (Å²) in [4.78, 5) is 0. The van der Waals surface area contributed by atoms with Crippen molar-refractivity contribution in [1.29, 1.82) is 0 Å². The lowest BCUT2D eigenvalue weighted by molar-refractivity contribution is -0.429. The zero-order valence-corrected chi connectivity index (χ0v) is 4.45. The fourth-order valence-corrected chi connectivity index (χ4v) is 0.202. The maximum atomic E-state index is 11.5. The van der Waals surface area contributed by atoms with Crippen molar-refractivity contribution in [3.63, 3.8) is 0 Å². The van der Waals surface area contributed by atoms with E-state index < -0.39 is 19.1 Å². The number of aliphatic hydroxyl groups excluding tert-OH is 1. The monoisotopic (exact) mass is 166 g/mol. The second kappa shape index (κ2) is 2.67. The molecule has 0 heterocycles. The average Bonchev–Trinajstić information content (AvgIpc) is 1.60. The molecule has 0 spiro atoms. The number of alkyl halides is 5. The zero-order chi connectivity index (χ0) is 8.41. The molecule has 0 aromatic heterocycles. The molecule has 0 amide bonds. The van der Waals surface area contributed by atoms with Gasteiger partial charge in [0.2, 0.25) is 0 Å². The summed E-state index contributed by atoms with van der Waals surface area (Å²) in [6.45, 7) is -1.99. The highest BCUT2D eigenvalue weighted by Crippen LogP contribution is 2.26. The van der Waals surface area contributed by atoms with Gasteiger partial charge in [0.1, 0.15) is 6.61 Å². The summed E-state index contributed by atoms with van der Waals surface area (Å²) in [6, 6.07) is 0. The van der Waals surface area contributed by atoms with Crippen molar-refractivity contribution in [2.75, 3.05) is 6.61 Å². The zero-order valence-electron chi connectivity index (χ0n) is 4.45.